The fourth-order valence-electron chi connectivity index (χ4n) is 1.13. The fourth-order valence-corrected chi connectivity index (χ4v) is 1.84. The van der Waals surface area contributed by atoms with Crippen molar-refractivity contribution >= 4 is 17.2 Å². The Morgan fingerprint density at radius 1 is 1.50 bits per heavy atom. The molecule has 0 aromatic carbocycles. The van der Waals surface area contributed by atoms with E-state index in [1.54, 1.807) is 23.6 Å². The summed E-state index contributed by atoms with van der Waals surface area (Å²) in [4.78, 5) is 16.1. The Hall–Kier alpha value is -1.62. The van der Waals surface area contributed by atoms with E-state index in [4.69, 9.17) is 5.73 Å². The molecule has 0 atom stereocenters. The van der Waals surface area contributed by atoms with Crippen LogP contribution in [0.25, 0.3) is 0 Å². The first-order chi connectivity index (χ1) is 6.75. The predicted octanol–water partition coefficient (Wildman–Crippen LogP) is 0.935. The molecule has 0 aliphatic heterocycles. The average molecular weight is 207 g/mol. The second-order valence-electron chi connectivity index (χ2n) is 2.84. The van der Waals surface area contributed by atoms with Crippen molar-refractivity contribution in [1.82, 2.24) is 9.55 Å². The summed E-state index contributed by atoms with van der Waals surface area (Å²) in [5.74, 6) is 0.262. The molecule has 2 N–H and O–H groups in total. The van der Waals surface area contributed by atoms with E-state index in [1.165, 1.54) is 4.57 Å². The molecule has 0 spiro atoms. The van der Waals surface area contributed by atoms with Crippen LogP contribution < -0.4 is 11.4 Å². The van der Waals surface area contributed by atoms with Gasteiger partial charge in [0.05, 0.1) is 6.54 Å². The molecule has 4 nitrogen and oxygen atoms in total. The van der Waals surface area contributed by atoms with Crippen LogP contribution in [-0.2, 0) is 6.54 Å². The SMILES string of the molecule is Nc1ccn(Cc2cccs2)c(=O)n1. The minimum Gasteiger partial charge on any atom is -0.383 e. The van der Waals surface area contributed by atoms with E-state index in [2.05, 4.69) is 4.98 Å². The average Bonchev–Trinajstić information content (AvgIpc) is 2.62. The maximum Gasteiger partial charge on any atom is 0.349 e. The standard InChI is InChI=1S/C9H9N3OS/c10-8-3-4-12(9(13)11-8)6-7-2-1-5-14-7/h1-5H,6H2,(H2,10,11,13). The topological polar surface area (TPSA) is 60.9 Å². The van der Waals surface area contributed by atoms with Gasteiger partial charge < -0.3 is 5.73 Å². The third-order valence-corrected chi connectivity index (χ3v) is 2.66. The third-order valence-electron chi connectivity index (χ3n) is 1.80. The number of nitrogens with zero attached hydrogens (tertiary/aromatic N) is 2. The van der Waals surface area contributed by atoms with Crippen LogP contribution in [0, 0.1) is 0 Å². The lowest BCUT2D eigenvalue weighted by Gasteiger charge is -2.01. The lowest BCUT2D eigenvalue weighted by atomic mass is 10.4. The van der Waals surface area contributed by atoms with Crippen molar-refractivity contribution in [1.29, 1.82) is 0 Å². The molecule has 2 heterocycles. The molecule has 2 aromatic heterocycles. The highest BCUT2D eigenvalue weighted by Crippen LogP contribution is 2.09. The highest BCUT2D eigenvalue weighted by Gasteiger charge is 1.99. The summed E-state index contributed by atoms with van der Waals surface area (Å²) in [6, 6.07) is 5.55. The number of thiophene rings is 1. The lowest BCUT2D eigenvalue weighted by Crippen LogP contribution is -2.23. The molecule has 0 unspecified atom stereocenters. The van der Waals surface area contributed by atoms with E-state index in [-0.39, 0.29) is 11.5 Å². The van der Waals surface area contributed by atoms with E-state index >= 15 is 0 Å². The van der Waals surface area contributed by atoms with Crippen molar-refractivity contribution < 1.29 is 0 Å². The minimum atomic E-state index is -0.307. The number of nitrogen functional groups attached to an aromatic ring is 1. The first-order valence-electron chi connectivity index (χ1n) is 4.11. The molecule has 2 aromatic rings. The van der Waals surface area contributed by atoms with Gasteiger partial charge in [0, 0.05) is 11.1 Å². The second-order valence-corrected chi connectivity index (χ2v) is 3.87. The Balaban J connectivity index is 2.30. The van der Waals surface area contributed by atoms with Crippen molar-refractivity contribution in [3.63, 3.8) is 0 Å². The van der Waals surface area contributed by atoms with Crippen LogP contribution in [0.15, 0.2) is 34.6 Å². The maximum absolute atomic E-state index is 11.3. The molecular formula is C9H9N3OS. The Labute approximate surface area is 84.6 Å². The molecule has 72 valence electrons. The van der Waals surface area contributed by atoms with Crippen molar-refractivity contribution in [3.8, 4) is 0 Å². The van der Waals surface area contributed by atoms with E-state index < -0.39 is 0 Å². The van der Waals surface area contributed by atoms with Gasteiger partial charge in [0.25, 0.3) is 0 Å². The molecular weight excluding hydrogens is 198 g/mol. The van der Waals surface area contributed by atoms with Gasteiger partial charge in [-0.2, -0.15) is 4.98 Å². The number of aromatic nitrogens is 2. The Morgan fingerprint density at radius 2 is 2.36 bits per heavy atom. The Bertz CT molecular complexity index is 475. The zero-order valence-electron chi connectivity index (χ0n) is 7.38. The zero-order valence-corrected chi connectivity index (χ0v) is 8.20. The predicted molar refractivity (Wildman–Crippen MR) is 56.3 cm³/mol. The van der Waals surface area contributed by atoms with Gasteiger partial charge in [-0.3, -0.25) is 4.57 Å². The Morgan fingerprint density at radius 3 is 3.00 bits per heavy atom. The van der Waals surface area contributed by atoms with Crippen molar-refractivity contribution in [2.24, 2.45) is 0 Å². The summed E-state index contributed by atoms with van der Waals surface area (Å²) in [5.41, 5.74) is 5.07. The van der Waals surface area contributed by atoms with Gasteiger partial charge in [-0.05, 0) is 17.5 Å². The molecule has 0 saturated carbocycles. The second kappa shape index (κ2) is 3.63. The van der Waals surface area contributed by atoms with Gasteiger partial charge in [-0.25, -0.2) is 4.79 Å². The summed E-state index contributed by atoms with van der Waals surface area (Å²) in [6.07, 6.45) is 1.66. The van der Waals surface area contributed by atoms with Crippen LogP contribution in [-0.4, -0.2) is 9.55 Å². The summed E-state index contributed by atoms with van der Waals surface area (Å²) < 4.78 is 1.53. The molecule has 0 aliphatic rings. The third kappa shape index (κ3) is 1.82. The smallest absolute Gasteiger partial charge is 0.349 e. The number of hydrogen-bond donors (Lipinski definition) is 1. The molecule has 0 aliphatic carbocycles. The first kappa shape index (κ1) is 8.96. The van der Waals surface area contributed by atoms with Crippen molar-refractivity contribution in [3.05, 3.63) is 45.1 Å². The fraction of sp³-hybridized carbons (Fsp3) is 0.111. The quantitative estimate of drug-likeness (QED) is 0.797. The molecule has 14 heavy (non-hydrogen) atoms. The van der Waals surface area contributed by atoms with Crippen LogP contribution >= 0.6 is 11.3 Å². The van der Waals surface area contributed by atoms with Crippen molar-refractivity contribution in [2.45, 2.75) is 6.54 Å². The number of rotatable bonds is 2. The monoisotopic (exact) mass is 207 g/mol. The Kier molecular flexibility index (Phi) is 2.32. The molecule has 0 fully saturated rings. The summed E-state index contributed by atoms with van der Waals surface area (Å²) >= 11 is 1.61. The van der Waals surface area contributed by atoms with Gasteiger partial charge in [0.1, 0.15) is 5.82 Å². The zero-order chi connectivity index (χ0) is 9.97. The molecule has 0 bridgehead atoms. The number of hydrogen-bond acceptors (Lipinski definition) is 4. The summed E-state index contributed by atoms with van der Waals surface area (Å²) in [5, 5.41) is 1.98. The lowest BCUT2D eigenvalue weighted by molar-refractivity contribution is 0.738. The van der Waals surface area contributed by atoms with E-state index in [0.717, 1.165) is 4.88 Å². The highest BCUT2D eigenvalue weighted by molar-refractivity contribution is 7.09. The van der Waals surface area contributed by atoms with Crippen LogP contribution in [0.4, 0.5) is 5.82 Å². The van der Waals surface area contributed by atoms with Gasteiger partial charge in [0.2, 0.25) is 0 Å². The van der Waals surface area contributed by atoms with E-state index in [9.17, 15) is 4.79 Å². The van der Waals surface area contributed by atoms with Crippen LogP contribution in [0.1, 0.15) is 4.88 Å². The summed E-state index contributed by atoms with van der Waals surface area (Å²) in [7, 11) is 0. The molecule has 0 amide bonds. The first-order valence-corrected chi connectivity index (χ1v) is 4.99. The normalized spacial score (nSPS) is 10.3. The maximum atomic E-state index is 11.3. The van der Waals surface area contributed by atoms with Crippen molar-refractivity contribution in [2.75, 3.05) is 5.73 Å². The number of anilines is 1. The highest BCUT2D eigenvalue weighted by atomic mass is 32.1. The van der Waals surface area contributed by atoms with Crippen LogP contribution in [0.5, 0.6) is 0 Å². The van der Waals surface area contributed by atoms with Crippen LogP contribution in [0.3, 0.4) is 0 Å². The molecule has 0 saturated heterocycles. The summed E-state index contributed by atoms with van der Waals surface area (Å²) in [6.45, 7) is 0.559. The minimum absolute atomic E-state index is 0.262. The van der Waals surface area contributed by atoms with E-state index in [1.807, 2.05) is 17.5 Å². The molecule has 2 rings (SSSR count). The largest absolute Gasteiger partial charge is 0.383 e. The van der Waals surface area contributed by atoms with Gasteiger partial charge in [-0.1, -0.05) is 6.07 Å². The van der Waals surface area contributed by atoms with Gasteiger partial charge in [-0.15, -0.1) is 11.3 Å². The van der Waals surface area contributed by atoms with Crippen LogP contribution in [0.2, 0.25) is 0 Å². The van der Waals surface area contributed by atoms with E-state index in [0.29, 0.717) is 6.54 Å². The van der Waals surface area contributed by atoms with Gasteiger partial charge >= 0.3 is 5.69 Å². The molecule has 0 radical (unpaired) electrons. The number of nitrogens with two attached hydrogens (primary N) is 1. The molecule has 5 heteroatoms. The van der Waals surface area contributed by atoms with Gasteiger partial charge in [0.15, 0.2) is 0 Å².